The lowest BCUT2D eigenvalue weighted by Crippen LogP contribution is -2.02. The van der Waals surface area contributed by atoms with Crippen molar-refractivity contribution >= 4 is 5.69 Å². The molecule has 1 N–H and O–H groups in total. The summed E-state index contributed by atoms with van der Waals surface area (Å²) in [4.78, 5) is 0. The van der Waals surface area contributed by atoms with Gasteiger partial charge in [-0.05, 0) is 30.5 Å². The molecule has 2 aromatic carbocycles. The van der Waals surface area contributed by atoms with Gasteiger partial charge in [-0.2, -0.15) is 0 Å². The first-order valence-corrected chi connectivity index (χ1v) is 5.78. The van der Waals surface area contributed by atoms with Gasteiger partial charge < -0.3 is 5.32 Å². The molecule has 0 atom stereocenters. The van der Waals surface area contributed by atoms with Crippen LogP contribution in [0.4, 0.5) is 5.69 Å². The molecule has 2 aromatic rings. The molecule has 0 aliphatic rings. The van der Waals surface area contributed by atoms with Gasteiger partial charge in [0.05, 0.1) is 0 Å². The van der Waals surface area contributed by atoms with Crippen molar-refractivity contribution in [3.8, 4) is 0 Å². The Morgan fingerprint density at radius 1 is 0.750 bits per heavy atom. The zero-order chi connectivity index (χ0) is 11.1. The van der Waals surface area contributed by atoms with Crippen LogP contribution in [0.5, 0.6) is 0 Å². The molecule has 0 spiro atoms. The van der Waals surface area contributed by atoms with Crippen molar-refractivity contribution in [2.45, 2.75) is 12.8 Å². The molecule has 0 radical (unpaired) electrons. The summed E-state index contributed by atoms with van der Waals surface area (Å²) in [6, 6.07) is 21.0. The van der Waals surface area contributed by atoms with Crippen LogP contribution in [0.3, 0.4) is 0 Å². The van der Waals surface area contributed by atoms with E-state index in [4.69, 9.17) is 0 Å². The van der Waals surface area contributed by atoms with E-state index in [1.54, 1.807) is 0 Å². The number of benzene rings is 2. The van der Waals surface area contributed by atoms with E-state index in [0.29, 0.717) is 0 Å². The third-order valence-corrected chi connectivity index (χ3v) is 2.59. The Hall–Kier alpha value is -1.76. The zero-order valence-electron chi connectivity index (χ0n) is 9.39. The van der Waals surface area contributed by atoms with Gasteiger partial charge in [-0.25, -0.2) is 0 Å². The Morgan fingerprint density at radius 2 is 1.38 bits per heavy atom. The summed E-state index contributed by atoms with van der Waals surface area (Å²) in [5.74, 6) is 0. The van der Waals surface area contributed by atoms with E-state index in [1.165, 1.54) is 17.7 Å². The van der Waals surface area contributed by atoms with Gasteiger partial charge in [0.25, 0.3) is 0 Å². The van der Waals surface area contributed by atoms with Crippen LogP contribution in [-0.4, -0.2) is 6.54 Å². The third kappa shape index (κ3) is 3.43. The summed E-state index contributed by atoms with van der Waals surface area (Å²) in [5.41, 5.74) is 2.62. The topological polar surface area (TPSA) is 12.0 Å². The fourth-order valence-electron chi connectivity index (χ4n) is 1.73. The van der Waals surface area contributed by atoms with Gasteiger partial charge in [-0.1, -0.05) is 48.5 Å². The summed E-state index contributed by atoms with van der Waals surface area (Å²) < 4.78 is 0. The van der Waals surface area contributed by atoms with Crippen LogP contribution in [0, 0.1) is 0 Å². The largest absolute Gasteiger partial charge is 0.385 e. The molecule has 0 aliphatic carbocycles. The Morgan fingerprint density at radius 3 is 2.06 bits per heavy atom. The molecule has 0 unspecified atom stereocenters. The first-order valence-electron chi connectivity index (χ1n) is 5.78. The number of hydrogen-bond donors (Lipinski definition) is 1. The Bertz CT molecular complexity index is 353. The monoisotopic (exact) mass is 211 g/mol. The van der Waals surface area contributed by atoms with Crippen molar-refractivity contribution in [3.05, 3.63) is 66.2 Å². The summed E-state index contributed by atoms with van der Waals surface area (Å²) in [5, 5.41) is 3.41. The smallest absolute Gasteiger partial charge is 0.0340 e. The minimum absolute atomic E-state index is 1.03. The predicted molar refractivity (Wildman–Crippen MR) is 69.7 cm³/mol. The molecule has 2 rings (SSSR count). The van der Waals surface area contributed by atoms with E-state index in [2.05, 4.69) is 59.9 Å². The standard InChI is InChI=1S/C15H17N/c1-3-8-14(9-4-1)10-7-13-16-15-11-5-2-6-12-15/h1-6,8-9,11-12,16H,7,10,13H2. The predicted octanol–water partition coefficient (Wildman–Crippen LogP) is 3.73. The summed E-state index contributed by atoms with van der Waals surface area (Å²) >= 11 is 0. The summed E-state index contributed by atoms with van der Waals surface area (Å²) in [7, 11) is 0. The first-order chi connectivity index (χ1) is 7.95. The molecular formula is C15H17N. The highest BCUT2D eigenvalue weighted by atomic mass is 14.9. The Labute approximate surface area is 97.1 Å². The second kappa shape index (κ2) is 5.96. The van der Waals surface area contributed by atoms with Crippen LogP contribution in [0.2, 0.25) is 0 Å². The minimum atomic E-state index is 1.03. The second-order valence-electron chi connectivity index (χ2n) is 3.88. The van der Waals surface area contributed by atoms with E-state index >= 15 is 0 Å². The minimum Gasteiger partial charge on any atom is -0.385 e. The van der Waals surface area contributed by atoms with Crippen LogP contribution in [0.15, 0.2) is 60.7 Å². The van der Waals surface area contributed by atoms with Crippen LogP contribution in [0.25, 0.3) is 0 Å². The van der Waals surface area contributed by atoms with Crippen molar-refractivity contribution < 1.29 is 0 Å². The number of hydrogen-bond acceptors (Lipinski definition) is 1. The van der Waals surface area contributed by atoms with Gasteiger partial charge in [0.2, 0.25) is 0 Å². The van der Waals surface area contributed by atoms with Gasteiger partial charge in [-0.15, -0.1) is 0 Å². The average Bonchev–Trinajstić information content (AvgIpc) is 2.37. The highest BCUT2D eigenvalue weighted by Gasteiger charge is 1.92. The Balaban J connectivity index is 1.70. The molecule has 16 heavy (non-hydrogen) atoms. The molecule has 0 saturated carbocycles. The lowest BCUT2D eigenvalue weighted by molar-refractivity contribution is 0.863. The molecular weight excluding hydrogens is 194 g/mol. The number of para-hydroxylation sites is 1. The molecule has 0 fully saturated rings. The number of aryl methyl sites for hydroxylation is 1. The van der Waals surface area contributed by atoms with E-state index in [9.17, 15) is 0 Å². The SMILES string of the molecule is c1ccc(CCCNc2ccccc2)cc1. The van der Waals surface area contributed by atoms with Gasteiger partial charge in [0, 0.05) is 12.2 Å². The number of rotatable bonds is 5. The highest BCUT2D eigenvalue weighted by Crippen LogP contribution is 2.06. The van der Waals surface area contributed by atoms with Gasteiger partial charge >= 0.3 is 0 Å². The molecule has 0 aliphatic heterocycles. The van der Waals surface area contributed by atoms with E-state index in [-0.39, 0.29) is 0 Å². The molecule has 1 heteroatoms. The zero-order valence-corrected chi connectivity index (χ0v) is 9.39. The summed E-state index contributed by atoms with van der Waals surface area (Å²) in [6.07, 6.45) is 2.31. The van der Waals surface area contributed by atoms with Gasteiger partial charge in [0.1, 0.15) is 0 Å². The quantitative estimate of drug-likeness (QED) is 0.743. The van der Waals surface area contributed by atoms with Crippen LogP contribution in [-0.2, 0) is 6.42 Å². The maximum atomic E-state index is 3.41. The van der Waals surface area contributed by atoms with E-state index < -0.39 is 0 Å². The van der Waals surface area contributed by atoms with Crippen molar-refractivity contribution in [2.75, 3.05) is 11.9 Å². The summed E-state index contributed by atoms with van der Waals surface area (Å²) in [6.45, 7) is 1.03. The van der Waals surface area contributed by atoms with Crippen LogP contribution >= 0.6 is 0 Å². The molecule has 0 heterocycles. The van der Waals surface area contributed by atoms with E-state index in [1.807, 2.05) is 6.07 Å². The third-order valence-electron chi connectivity index (χ3n) is 2.59. The normalized spacial score (nSPS) is 10.0. The lowest BCUT2D eigenvalue weighted by Gasteiger charge is -2.05. The maximum Gasteiger partial charge on any atom is 0.0340 e. The number of nitrogens with one attached hydrogen (secondary N) is 1. The fourth-order valence-corrected chi connectivity index (χ4v) is 1.73. The highest BCUT2D eigenvalue weighted by molar-refractivity contribution is 5.42. The average molecular weight is 211 g/mol. The van der Waals surface area contributed by atoms with Crippen molar-refractivity contribution in [1.29, 1.82) is 0 Å². The molecule has 1 nitrogen and oxygen atoms in total. The van der Waals surface area contributed by atoms with Crippen LogP contribution in [0.1, 0.15) is 12.0 Å². The molecule has 0 saturated heterocycles. The number of anilines is 1. The molecule has 0 aromatic heterocycles. The molecule has 0 bridgehead atoms. The van der Waals surface area contributed by atoms with Gasteiger partial charge in [0.15, 0.2) is 0 Å². The Kier molecular flexibility index (Phi) is 4.00. The molecule has 0 amide bonds. The van der Waals surface area contributed by atoms with Crippen molar-refractivity contribution in [2.24, 2.45) is 0 Å². The second-order valence-corrected chi connectivity index (χ2v) is 3.88. The van der Waals surface area contributed by atoms with Crippen molar-refractivity contribution in [1.82, 2.24) is 0 Å². The van der Waals surface area contributed by atoms with Gasteiger partial charge in [-0.3, -0.25) is 0 Å². The fraction of sp³-hybridized carbons (Fsp3) is 0.200. The van der Waals surface area contributed by atoms with Crippen LogP contribution < -0.4 is 5.32 Å². The lowest BCUT2D eigenvalue weighted by atomic mass is 10.1. The van der Waals surface area contributed by atoms with Crippen molar-refractivity contribution in [3.63, 3.8) is 0 Å². The van der Waals surface area contributed by atoms with E-state index in [0.717, 1.165) is 13.0 Å². The molecule has 82 valence electrons. The first kappa shape index (κ1) is 10.7. The maximum absolute atomic E-state index is 3.41.